The second-order valence-corrected chi connectivity index (χ2v) is 10.6. The van der Waals surface area contributed by atoms with Gasteiger partial charge in [0.1, 0.15) is 11.3 Å². The van der Waals surface area contributed by atoms with Gasteiger partial charge in [-0.05, 0) is 77.0 Å². The Labute approximate surface area is 237 Å². The number of halogens is 3. The van der Waals surface area contributed by atoms with Crippen LogP contribution in [0.4, 0.5) is 16.2 Å². The quantitative estimate of drug-likeness (QED) is 0.245. The Balaban J connectivity index is 1.63. The molecule has 0 radical (unpaired) electrons. The third-order valence-corrected chi connectivity index (χ3v) is 6.87. The van der Waals surface area contributed by atoms with Gasteiger partial charge in [0.05, 0.1) is 10.2 Å². The van der Waals surface area contributed by atoms with E-state index in [1.54, 1.807) is 42.5 Å². The maximum Gasteiger partial charge on any atom is 0.335 e. The molecule has 1 aliphatic heterocycles. The Hall–Kier alpha value is -3.28. The number of carbonyl (C=O) groups is 4. The number of hydrogen-bond acceptors (Lipinski definition) is 5. The van der Waals surface area contributed by atoms with Crippen LogP contribution in [0.1, 0.15) is 11.1 Å². The first-order valence-electron chi connectivity index (χ1n) is 10.8. The SMILES string of the molecule is Cc1ccccc1NC(=O)COc1c(Br)cc(Br)cc1/C=C1\C(=O)NC(=O)N(c2ccc(Br)cc2)C1=O. The van der Waals surface area contributed by atoms with Crippen molar-refractivity contribution >= 4 is 89.0 Å². The number of hydrogen-bond donors (Lipinski definition) is 2. The lowest BCUT2D eigenvalue weighted by Crippen LogP contribution is -2.54. The topological polar surface area (TPSA) is 105 Å². The second kappa shape index (κ2) is 11.4. The van der Waals surface area contributed by atoms with Gasteiger partial charge in [0.25, 0.3) is 17.7 Å². The minimum atomic E-state index is -0.853. The molecular weight excluding hydrogens is 674 g/mol. The molecule has 2 N–H and O–H groups in total. The minimum absolute atomic E-state index is 0.239. The summed E-state index contributed by atoms with van der Waals surface area (Å²) in [5, 5.41) is 4.98. The van der Waals surface area contributed by atoms with Crippen LogP contribution in [0.3, 0.4) is 0 Å². The number of ether oxygens (including phenoxy) is 1. The molecule has 0 bridgehead atoms. The van der Waals surface area contributed by atoms with Crippen LogP contribution in [0, 0.1) is 6.92 Å². The molecule has 0 aliphatic carbocycles. The zero-order valence-corrected chi connectivity index (χ0v) is 23.9. The molecule has 1 heterocycles. The van der Waals surface area contributed by atoms with Crippen LogP contribution in [-0.4, -0.2) is 30.4 Å². The van der Waals surface area contributed by atoms with E-state index < -0.39 is 17.8 Å². The van der Waals surface area contributed by atoms with Crippen molar-refractivity contribution in [3.05, 3.63) is 90.8 Å². The molecule has 0 atom stereocenters. The van der Waals surface area contributed by atoms with Gasteiger partial charge in [0, 0.05) is 20.2 Å². The van der Waals surface area contributed by atoms with E-state index in [-0.39, 0.29) is 23.8 Å². The number of barbiturate groups is 1. The summed E-state index contributed by atoms with van der Waals surface area (Å²) < 4.78 is 7.69. The average Bonchev–Trinajstić information content (AvgIpc) is 2.83. The number of imide groups is 2. The second-order valence-electron chi connectivity index (χ2n) is 7.89. The van der Waals surface area contributed by atoms with E-state index in [0.29, 0.717) is 25.9 Å². The number of para-hydroxylation sites is 1. The lowest BCUT2D eigenvalue weighted by Gasteiger charge is -2.26. The highest BCUT2D eigenvalue weighted by Gasteiger charge is 2.37. The summed E-state index contributed by atoms with van der Waals surface area (Å²) >= 11 is 10.1. The maximum absolute atomic E-state index is 13.3. The van der Waals surface area contributed by atoms with Crippen molar-refractivity contribution < 1.29 is 23.9 Å². The van der Waals surface area contributed by atoms with Crippen LogP contribution in [0.2, 0.25) is 0 Å². The van der Waals surface area contributed by atoms with Crippen molar-refractivity contribution in [3.63, 3.8) is 0 Å². The third kappa shape index (κ3) is 6.17. The van der Waals surface area contributed by atoms with Gasteiger partial charge in [-0.15, -0.1) is 0 Å². The summed E-state index contributed by atoms with van der Waals surface area (Å²) in [5.74, 6) is -1.79. The number of benzene rings is 3. The Morgan fingerprint density at radius 1 is 1.00 bits per heavy atom. The first kappa shape index (κ1) is 26.8. The predicted octanol–water partition coefficient (Wildman–Crippen LogP) is 5.97. The summed E-state index contributed by atoms with van der Waals surface area (Å²) in [6, 6.07) is 16.3. The summed E-state index contributed by atoms with van der Waals surface area (Å²) in [6.07, 6.45) is 1.32. The Morgan fingerprint density at radius 2 is 1.70 bits per heavy atom. The molecule has 37 heavy (non-hydrogen) atoms. The van der Waals surface area contributed by atoms with Gasteiger partial charge in [0.15, 0.2) is 6.61 Å². The molecule has 11 heteroatoms. The first-order valence-corrected chi connectivity index (χ1v) is 13.2. The van der Waals surface area contributed by atoms with Gasteiger partial charge in [-0.1, -0.05) is 50.1 Å². The van der Waals surface area contributed by atoms with E-state index in [1.807, 2.05) is 25.1 Å². The third-order valence-electron chi connectivity index (χ3n) is 5.29. The molecule has 1 aliphatic rings. The average molecular weight is 692 g/mol. The van der Waals surface area contributed by atoms with E-state index in [0.717, 1.165) is 14.9 Å². The van der Waals surface area contributed by atoms with E-state index in [2.05, 4.69) is 58.4 Å². The molecule has 0 spiro atoms. The summed E-state index contributed by atoms with van der Waals surface area (Å²) in [5.41, 5.74) is 1.92. The summed E-state index contributed by atoms with van der Waals surface area (Å²) in [4.78, 5) is 51.8. The smallest absolute Gasteiger partial charge is 0.335 e. The van der Waals surface area contributed by atoms with Crippen LogP contribution in [0.5, 0.6) is 5.75 Å². The fraction of sp³-hybridized carbons (Fsp3) is 0.0769. The maximum atomic E-state index is 13.3. The van der Waals surface area contributed by atoms with Gasteiger partial charge in [0.2, 0.25) is 0 Å². The number of urea groups is 1. The highest BCUT2D eigenvalue weighted by Crippen LogP contribution is 2.35. The fourth-order valence-corrected chi connectivity index (χ4v) is 5.15. The lowest BCUT2D eigenvalue weighted by atomic mass is 10.1. The van der Waals surface area contributed by atoms with E-state index in [9.17, 15) is 19.2 Å². The molecule has 4 rings (SSSR count). The van der Waals surface area contributed by atoms with Crippen molar-refractivity contribution in [2.45, 2.75) is 6.92 Å². The zero-order valence-electron chi connectivity index (χ0n) is 19.2. The van der Waals surface area contributed by atoms with Crippen LogP contribution in [0.15, 0.2) is 79.7 Å². The zero-order chi connectivity index (χ0) is 26.7. The van der Waals surface area contributed by atoms with Crippen LogP contribution >= 0.6 is 47.8 Å². The monoisotopic (exact) mass is 689 g/mol. The largest absolute Gasteiger partial charge is 0.482 e. The molecule has 5 amide bonds. The van der Waals surface area contributed by atoms with E-state index in [4.69, 9.17) is 4.74 Å². The number of nitrogens with one attached hydrogen (secondary N) is 2. The number of carbonyl (C=O) groups excluding carboxylic acids is 4. The number of rotatable bonds is 6. The van der Waals surface area contributed by atoms with Crippen molar-refractivity contribution in [1.82, 2.24) is 5.32 Å². The Morgan fingerprint density at radius 3 is 2.41 bits per heavy atom. The molecule has 0 saturated carbocycles. The molecule has 1 fully saturated rings. The highest BCUT2D eigenvalue weighted by molar-refractivity contribution is 9.11. The molecule has 3 aromatic rings. The van der Waals surface area contributed by atoms with Gasteiger partial charge < -0.3 is 10.1 Å². The molecule has 0 unspecified atom stereocenters. The number of nitrogens with zero attached hydrogens (tertiary/aromatic N) is 1. The standard InChI is InChI=1S/C26H18Br3N3O5/c1-14-4-2-3-5-21(14)30-22(33)13-37-23-15(10-17(28)12-20(23)29)11-19-24(34)31-26(36)32(25(19)35)18-8-6-16(27)7-9-18/h2-12H,13H2,1H3,(H,30,33)(H,31,34,36)/b19-11+. The van der Waals surface area contributed by atoms with Crippen LogP contribution in [0.25, 0.3) is 6.08 Å². The first-order chi connectivity index (χ1) is 17.6. The Kier molecular flexibility index (Phi) is 8.25. The van der Waals surface area contributed by atoms with Crippen molar-refractivity contribution in [1.29, 1.82) is 0 Å². The summed E-state index contributed by atoms with van der Waals surface area (Å²) in [6.45, 7) is 1.55. The lowest BCUT2D eigenvalue weighted by molar-refractivity contribution is -0.122. The number of amides is 5. The predicted molar refractivity (Wildman–Crippen MR) is 150 cm³/mol. The van der Waals surface area contributed by atoms with Gasteiger partial charge in [-0.3, -0.25) is 19.7 Å². The number of anilines is 2. The van der Waals surface area contributed by atoms with Gasteiger partial charge in [-0.25, -0.2) is 9.69 Å². The molecule has 8 nitrogen and oxygen atoms in total. The molecule has 3 aromatic carbocycles. The Bertz CT molecular complexity index is 1450. The number of aryl methyl sites for hydroxylation is 1. The normalized spacial score (nSPS) is 14.5. The van der Waals surface area contributed by atoms with Crippen molar-refractivity contribution in [3.8, 4) is 5.75 Å². The summed E-state index contributed by atoms with van der Waals surface area (Å²) in [7, 11) is 0. The van der Waals surface area contributed by atoms with Gasteiger partial charge in [-0.2, -0.15) is 0 Å². The fourth-order valence-electron chi connectivity index (χ4n) is 3.51. The molecule has 188 valence electrons. The van der Waals surface area contributed by atoms with Crippen LogP contribution < -0.4 is 20.3 Å². The van der Waals surface area contributed by atoms with E-state index >= 15 is 0 Å². The van der Waals surface area contributed by atoms with Crippen molar-refractivity contribution in [2.24, 2.45) is 0 Å². The minimum Gasteiger partial charge on any atom is -0.482 e. The van der Waals surface area contributed by atoms with Crippen LogP contribution in [-0.2, 0) is 14.4 Å². The van der Waals surface area contributed by atoms with Crippen molar-refractivity contribution in [2.75, 3.05) is 16.8 Å². The van der Waals surface area contributed by atoms with E-state index in [1.165, 1.54) is 6.08 Å². The highest BCUT2D eigenvalue weighted by atomic mass is 79.9. The van der Waals surface area contributed by atoms with Gasteiger partial charge >= 0.3 is 6.03 Å². The molecule has 0 aromatic heterocycles. The molecular formula is C26H18Br3N3O5. The molecule has 1 saturated heterocycles.